The second-order valence-corrected chi connectivity index (χ2v) is 8.90. The number of hydrogen-bond donors (Lipinski definition) is 1. The van der Waals surface area contributed by atoms with Crippen molar-refractivity contribution in [3.63, 3.8) is 0 Å². The molecule has 0 bridgehead atoms. The Morgan fingerprint density at radius 2 is 1.85 bits per heavy atom. The minimum absolute atomic E-state index is 0.107. The molecule has 2 aliphatic rings. The number of amides is 2. The Kier molecular flexibility index (Phi) is 5.43. The third-order valence-electron chi connectivity index (χ3n) is 5.96. The number of carbonyl (C=O) groups is 2. The van der Waals surface area contributed by atoms with E-state index in [-0.39, 0.29) is 17.9 Å². The minimum atomic E-state index is -0.344. The van der Waals surface area contributed by atoms with Gasteiger partial charge in [-0.15, -0.1) is 11.3 Å². The Bertz CT molecular complexity index is 787. The van der Waals surface area contributed by atoms with Crippen LogP contribution in [0.5, 0.6) is 0 Å². The van der Waals surface area contributed by atoms with E-state index >= 15 is 0 Å². The van der Waals surface area contributed by atoms with Crippen molar-refractivity contribution in [2.75, 3.05) is 13.1 Å². The molecule has 27 heavy (non-hydrogen) atoms. The zero-order valence-electron chi connectivity index (χ0n) is 15.8. The van der Waals surface area contributed by atoms with Crippen LogP contribution >= 0.6 is 11.3 Å². The van der Waals surface area contributed by atoms with Gasteiger partial charge in [0.15, 0.2) is 0 Å². The fraction of sp³-hybridized carbons (Fsp3) is 0.571. The highest BCUT2D eigenvalue weighted by Gasteiger charge is 2.35. The second-order valence-electron chi connectivity index (χ2n) is 7.84. The Balaban J connectivity index is 1.41. The molecule has 0 spiro atoms. The normalized spacial score (nSPS) is 20.1. The van der Waals surface area contributed by atoms with Crippen LogP contribution in [0.2, 0.25) is 0 Å². The van der Waals surface area contributed by atoms with E-state index in [9.17, 15) is 9.59 Å². The van der Waals surface area contributed by atoms with Gasteiger partial charge in [0.05, 0.1) is 15.2 Å². The summed E-state index contributed by atoms with van der Waals surface area (Å²) in [6, 6.07) is 7.92. The van der Waals surface area contributed by atoms with Gasteiger partial charge >= 0.3 is 0 Å². The van der Waals surface area contributed by atoms with Crippen molar-refractivity contribution in [2.24, 2.45) is 5.92 Å². The molecule has 1 saturated carbocycles. The first-order valence-corrected chi connectivity index (χ1v) is 10.8. The smallest absolute Gasteiger partial charge is 0.245 e. The summed E-state index contributed by atoms with van der Waals surface area (Å²) in [5.74, 6) is 0.727. The van der Waals surface area contributed by atoms with Crippen molar-refractivity contribution in [3.8, 4) is 0 Å². The fourth-order valence-electron chi connectivity index (χ4n) is 4.50. The molecular formula is C21H27N3O2S. The zero-order valence-corrected chi connectivity index (χ0v) is 16.6. The van der Waals surface area contributed by atoms with Gasteiger partial charge in [0.2, 0.25) is 11.8 Å². The molecule has 1 unspecified atom stereocenters. The molecule has 1 aliphatic carbocycles. The monoisotopic (exact) mass is 385 g/mol. The number of benzene rings is 1. The SMILES string of the molecule is CC(=O)NC(C(=O)N1CCC(c2nc3ccccc3s2)CC1)C1CCCC1. The lowest BCUT2D eigenvalue weighted by Gasteiger charge is -2.35. The van der Waals surface area contributed by atoms with Gasteiger partial charge in [-0.2, -0.15) is 0 Å². The summed E-state index contributed by atoms with van der Waals surface area (Å²) in [7, 11) is 0. The summed E-state index contributed by atoms with van der Waals surface area (Å²) < 4.78 is 1.23. The van der Waals surface area contributed by atoms with Crippen LogP contribution in [0.15, 0.2) is 24.3 Å². The highest BCUT2D eigenvalue weighted by Crippen LogP contribution is 2.35. The van der Waals surface area contributed by atoms with Crippen molar-refractivity contribution >= 4 is 33.4 Å². The van der Waals surface area contributed by atoms with Crippen LogP contribution in [-0.4, -0.2) is 40.8 Å². The number of nitrogens with one attached hydrogen (secondary N) is 1. The van der Waals surface area contributed by atoms with Crippen LogP contribution in [0.4, 0.5) is 0 Å². The molecule has 2 heterocycles. The van der Waals surface area contributed by atoms with E-state index in [0.717, 1.165) is 57.1 Å². The summed E-state index contributed by atoms with van der Waals surface area (Å²) >= 11 is 1.78. The number of rotatable bonds is 4. The summed E-state index contributed by atoms with van der Waals surface area (Å²) in [4.78, 5) is 31.5. The summed E-state index contributed by atoms with van der Waals surface area (Å²) in [5.41, 5.74) is 1.07. The van der Waals surface area contributed by atoms with E-state index in [0.29, 0.717) is 11.8 Å². The number of piperidine rings is 1. The molecule has 1 aromatic carbocycles. The van der Waals surface area contributed by atoms with Gasteiger partial charge in [0.25, 0.3) is 0 Å². The first-order valence-electron chi connectivity index (χ1n) is 10.0. The summed E-state index contributed by atoms with van der Waals surface area (Å²) in [6.45, 7) is 3.01. The molecule has 2 aromatic rings. The quantitative estimate of drug-likeness (QED) is 0.873. The van der Waals surface area contributed by atoms with Gasteiger partial charge in [-0.1, -0.05) is 25.0 Å². The average molecular weight is 386 g/mol. The lowest BCUT2D eigenvalue weighted by molar-refractivity contribution is -0.138. The minimum Gasteiger partial charge on any atom is -0.344 e. The molecule has 1 aliphatic heterocycles. The maximum Gasteiger partial charge on any atom is 0.245 e. The number of nitrogens with zero attached hydrogens (tertiary/aromatic N) is 2. The standard InChI is InChI=1S/C21H27N3O2S/c1-14(25)22-19(15-6-2-3-7-15)21(26)24-12-10-16(11-13-24)20-23-17-8-4-5-9-18(17)27-20/h4-5,8-9,15-16,19H,2-3,6-7,10-13H2,1H3,(H,22,25). The highest BCUT2D eigenvalue weighted by atomic mass is 32.1. The Morgan fingerprint density at radius 1 is 1.15 bits per heavy atom. The third-order valence-corrected chi connectivity index (χ3v) is 7.16. The molecule has 0 radical (unpaired) electrons. The topological polar surface area (TPSA) is 62.3 Å². The number of likely N-dealkylation sites (tertiary alicyclic amines) is 1. The molecule has 2 amide bonds. The number of hydrogen-bond acceptors (Lipinski definition) is 4. The Hall–Kier alpha value is -1.95. The first-order chi connectivity index (χ1) is 13.1. The number of fused-ring (bicyclic) bond motifs is 1. The lowest BCUT2D eigenvalue weighted by Crippen LogP contribution is -2.53. The maximum atomic E-state index is 13.1. The van der Waals surface area contributed by atoms with E-state index < -0.39 is 0 Å². The van der Waals surface area contributed by atoms with E-state index in [1.807, 2.05) is 11.0 Å². The van der Waals surface area contributed by atoms with E-state index in [2.05, 4.69) is 23.5 Å². The van der Waals surface area contributed by atoms with Gasteiger partial charge in [-0.25, -0.2) is 4.98 Å². The van der Waals surface area contributed by atoms with Crippen molar-refractivity contribution in [1.82, 2.24) is 15.2 Å². The molecule has 2 fully saturated rings. The summed E-state index contributed by atoms with van der Waals surface area (Å²) in [5, 5.41) is 4.13. The predicted molar refractivity (Wildman–Crippen MR) is 108 cm³/mol. The van der Waals surface area contributed by atoms with E-state index in [1.165, 1.54) is 16.6 Å². The van der Waals surface area contributed by atoms with E-state index in [1.54, 1.807) is 11.3 Å². The van der Waals surface area contributed by atoms with Crippen molar-refractivity contribution < 1.29 is 9.59 Å². The van der Waals surface area contributed by atoms with Crippen LogP contribution in [0.3, 0.4) is 0 Å². The van der Waals surface area contributed by atoms with E-state index in [4.69, 9.17) is 4.98 Å². The lowest BCUT2D eigenvalue weighted by atomic mass is 9.93. The Labute approximate surface area is 164 Å². The van der Waals surface area contributed by atoms with Crippen LogP contribution < -0.4 is 5.32 Å². The average Bonchev–Trinajstić information content (AvgIpc) is 3.35. The molecular weight excluding hydrogens is 358 g/mol. The molecule has 1 N–H and O–H groups in total. The second kappa shape index (κ2) is 7.97. The van der Waals surface area contributed by atoms with Gasteiger partial charge in [0, 0.05) is 25.9 Å². The highest BCUT2D eigenvalue weighted by molar-refractivity contribution is 7.18. The first kappa shape index (κ1) is 18.4. The predicted octanol–water partition coefficient (Wildman–Crippen LogP) is 3.70. The maximum absolute atomic E-state index is 13.1. The molecule has 4 rings (SSSR count). The third kappa shape index (κ3) is 4.00. The molecule has 6 heteroatoms. The van der Waals surface area contributed by atoms with Crippen molar-refractivity contribution in [3.05, 3.63) is 29.3 Å². The Morgan fingerprint density at radius 3 is 2.52 bits per heavy atom. The van der Waals surface area contributed by atoms with Crippen molar-refractivity contribution in [1.29, 1.82) is 0 Å². The largest absolute Gasteiger partial charge is 0.344 e. The van der Waals surface area contributed by atoms with Crippen LogP contribution in [0.25, 0.3) is 10.2 Å². The molecule has 5 nitrogen and oxygen atoms in total. The fourth-order valence-corrected chi connectivity index (χ4v) is 5.64. The molecule has 1 atom stereocenters. The zero-order chi connectivity index (χ0) is 18.8. The summed E-state index contributed by atoms with van der Waals surface area (Å²) in [6.07, 6.45) is 6.30. The van der Waals surface area contributed by atoms with Crippen molar-refractivity contribution in [2.45, 2.75) is 57.4 Å². The number of aromatic nitrogens is 1. The van der Waals surface area contributed by atoms with Crippen LogP contribution in [0.1, 0.15) is 56.4 Å². The van der Waals surface area contributed by atoms with Gasteiger partial charge in [-0.05, 0) is 43.7 Å². The molecule has 1 aromatic heterocycles. The number of carbonyl (C=O) groups excluding carboxylic acids is 2. The van der Waals surface area contributed by atoms with Gasteiger partial charge < -0.3 is 10.2 Å². The van der Waals surface area contributed by atoms with Crippen LogP contribution in [-0.2, 0) is 9.59 Å². The van der Waals surface area contributed by atoms with Gasteiger partial charge in [-0.3, -0.25) is 9.59 Å². The number of thiazole rings is 1. The molecule has 1 saturated heterocycles. The van der Waals surface area contributed by atoms with Gasteiger partial charge in [0.1, 0.15) is 6.04 Å². The molecule has 144 valence electrons. The number of para-hydroxylation sites is 1. The van der Waals surface area contributed by atoms with Crippen LogP contribution in [0, 0.1) is 5.92 Å².